The molecule has 3 rings (SSSR count). The van der Waals surface area contributed by atoms with Gasteiger partial charge in [0.15, 0.2) is 5.69 Å². The average Bonchev–Trinajstić information content (AvgIpc) is 2.93. The van der Waals surface area contributed by atoms with E-state index in [-0.39, 0.29) is 18.3 Å². The minimum Gasteiger partial charge on any atom is -0.321 e. The van der Waals surface area contributed by atoms with Gasteiger partial charge in [0.2, 0.25) is 10.0 Å². The van der Waals surface area contributed by atoms with E-state index in [4.69, 9.17) is 0 Å². The first-order chi connectivity index (χ1) is 11.3. The van der Waals surface area contributed by atoms with Crippen molar-refractivity contribution in [3.8, 4) is 0 Å². The number of amides is 1. The highest BCUT2D eigenvalue weighted by atomic mass is 35.5. The van der Waals surface area contributed by atoms with Gasteiger partial charge < -0.3 is 10.6 Å². The number of aromatic amines is 1. The summed E-state index contributed by atoms with van der Waals surface area (Å²) in [5, 5.41) is 13.0. The van der Waals surface area contributed by atoms with Crippen LogP contribution < -0.4 is 15.4 Å². The monoisotopic (exact) mass is 385 g/mol. The summed E-state index contributed by atoms with van der Waals surface area (Å²) in [4.78, 5) is 12.5. The van der Waals surface area contributed by atoms with E-state index in [9.17, 15) is 13.2 Å². The van der Waals surface area contributed by atoms with Gasteiger partial charge in [-0.3, -0.25) is 14.6 Å². The molecule has 1 aromatic heterocycles. The Morgan fingerprint density at radius 3 is 2.80 bits per heavy atom. The molecule has 1 aliphatic heterocycles. The lowest BCUT2D eigenvalue weighted by atomic mass is 10.1. The smallest absolute Gasteiger partial charge is 0.276 e. The highest BCUT2D eigenvalue weighted by molar-refractivity contribution is 7.92. The number of fused-ring (bicyclic) bond motifs is 1. The molecule has 10 heteroatoms. The second-order valence-electron chi connectivity index (χ2n) is 5.81. The minimum absolute atomic E-state index is 0. The number of halogens is 1. The van der Waals surface area contributed by atoms with Gasteiger partial charge in [-0.15, -0.1) is 12.4 Å². The van der Waals surface area contributed by atoms with Crippen molar-refractivity contribution < 1.29 is 13.2 Å². The van der Waals surface area contributed by atoms with Crippen molar-refractivity contribution in [3.63, 3.8) is 0 Å². The number of hydrogen-bond donors (Lipinski definition) is 4. The number of aromatic nitrogens is 2. The van der Waals surface area contributed by atoms with Gasteiger partial charge in [-0.05, 0) is 24.6 Å². The van der Waals surface area contributed by atoms with E-state index in [1.54, 1.807) is 25.1 Å². The molecule has 4 N–H and O–H groups in total. The third-order valence-electron chi connectivity index (χ3n) is 3.81. The summed E-state index contributed by atoms with van der Waals surface area (Å²) < 4.78 is 25.3. The van der Waals surface area contributed by atoms with Gasteiger partial charge in [-0.1, -0.05) is 6.07 Å². The van der Waals surface area contributed by atoms with Crippen molar-refractivity contribution in [2.75, 3.05) is 22.8 Å². The first-order valence-corrected chi connectivity index (χ1v) is 9.39. The molecule has 25 heavy (non-hydrogen) atoms. The van der Waals surface area contributed by atoms with Crippen molar-refractivity contribution in [2.24, 2.45) is 0 Å². The van der Waals surface area contributed by atoms with Crippen LogP contribution >= 0.6 is 12.4 Å². The molecule has 0 fully saturated rings. The molecule has 0 radical (unpaired) electrons. The van der Waals surface area contributed by atoms with Gasteiger partial charge in [0.05, 0.1) is 11.9 Å². The number of H-pyrrole nitrogens is 1. The summed E-state index contributed by atoms with van der Waals surface area (Å²) in [7, 11) is -3.39. The van der Waals surface area contributed by atoms with Crippen molar-refractivity contribution in [1.29, 1.82) is 0 Å². The summed E-state index contributed by atoms with van der Waals surface area (Å²) in [6.07, 6.45) is 1.89. The standard InChI is InChI=1S/C15H19N5O3S.ClH/c1-9-3-4-10(7-13(9)20-24(2,22)23)17-15(21)14-11-8-16-6-5-12(11)18-19-14;/h3-4,7,16,20H,5-6,8H2,1-2H3,(H,17,21)(H,18,19);1H. The zero-order valence-corrected chi connectivity index (χ0v) is 15.5. The zero-order valence-electron chi connectivity index (χ0n) is 13.8. The Hall–Kier alpha value is -2.10. The largest absolute Gasteiger partial charge is 0.321 e. The molecule has 8 nitrogen and oxygen atoms in total. The Kier molecular flexibility index (Phi) is 5.71. The van der Waals surface area contributed by atoms with Crippen LogP contribution in [0, 0.1) is 6.92 Å². The predicted octanol–water partition coefficient (Wildman–Crippen LogP) is 1.41. The third kappa shape index (κ3) is 4.50. The van der Waals surface area contributed by atoms with Crippen LogP contribution in [0.4, 0.5) is 11.4 Å². The fourth-order valence-electron chi connectivity index (χ4n) is 2.61. The second-order valence-corrected chi connectivity index (χ2v) is 7.56. The Bertz CT molecular complexity index is 895. The van der Waals surface area contributed by atoms with Crippen molar-refractivity contribution >= 4 is 39.7 Å². The number of sulfonamides is 1. The molecule has 0 saturated heterocycles. The van der Waals surface area contributed by atoms with Crippen molar-refractivity contribution in [2.45, 2.75) is 19.9 Å². The Morgan fingerprint density at radius 1 is 1.32 bits per heavy atom. The number of carbonyl (C=O) groups excluding carboxylic acids is 1. The molecule has 1 aliphatic rings. The number of hydrogen-bond acceptors (Lipinski definition) is 5. The van der Waals surface area contributed by atoms with Gasteiger partial charge in [0.1, 0.15) is 0 Å². The van der Waals surface area contributed by atoms with E-state index in [0.29, 0.717) is 23.6 Å². The predicted molar refractivity (Wildman–Crippen MR) is 98.8 cm³/mol. The number of benzene rings is 1. The number of carbonyl (C=O) groups is 1. The fourth-order valence-corrected chi connectivity index (χ4v) is 3.23. The van der Waals surface area contributed by atoms with E-state index in [1.807, 2.05) is 0 Å². The second kappa shape index (κ2) is 7.42. The highest BCUT2D eigenvalue weighted by Gasteiger charge is 2.21. The van der Waals surface area contributed by atoms with E-state index < -0.39 is 10.0 Å². The molecule has 1 amide bonds. The molecule has 1 aromatic carbocycles. The molecule has 136 valence electrons. The molecule has 0 atom stereocenters. The number of aryl methyl sites for hydroxylation is 1. The minimum atomic E-state index is -3.39. The molecule has 0 spiro atoms. The van der Waals surface area contributed by atoms with Crippen LogP contribution in [0.1, 0.15) is 27.3 Å². The van der Waals surface area contributed by atoms with Crippen LogP contribution in [0.5, 0.6) is 0 Å². The normalized spacial score (nSPS) is 13.5. The van der Waals surface area contributed by atoms with E-state index in [1.165, 1.54) is 0 Å². The van der Waals surface area contributed by atoms with Gasteiger partial charge >= 0.3 is 0 Å². The van der Waals surface area contributed by atoms with Gasteiger partial charge in [0, 0.05) is 36.5 Å². The molecular formula is C15H20ClN5O3S. The Labute approximate surface area is 152 Å². The van der Waals surface area contributed by atoms with Gasteiger partial charge in [0.25, 0.3) is 5.91 Å². The topological polar surface area (TPSA) is 116 Å². The van der Waals surface area contributed by atoms with Crippen molar-refractivity contribution in [1.82, 2.24) is 15.5 Å². The van der Waals surface area contributed by atoms with Crippen LogP contribution in [0.2, 0.25) is 0 Å². The van der Waals surface area contributed by atoms with Gasteiger partial charge in [-0.25, -0.2) is 8.42 Å². The molecule has 2 heterocycles. The lowest BCUT2D eigenvalue weighted by molar-refractivity contribution is 0.102. The number of anilines is 2. The first-order valence-electron chi connectivity index (χ1n) is 7.50. The fraction of sp³-hybridized carbons (Fsp3) is 0.333. The van der Waals surface area contributed by atoms with Gasteiger partial charge in [-0.2, -0.15) is 5.10 Å². The lowest BCUT2D eigenvalue weighted by Gasteiger charge is -2.13. The molecule has 0 aliphatic carbocycles. The number of nitrogens with one attached hydrogen (secondary N) is 4. The summed E-state index contributed by atoms with van der Waals surface area (Å²) in [6, 6.07) is 5.05. The van der Waals surface area contributed by atoms with Crippen LogP contribution in [0.25, 0.3) is 0 Å². The van der Waals surface area contributed by atoms with E-state index >= 15 is 0 Å². The summed E-state index contributed by atoms with van der Waals surface area (Å²) in [6.45, 7) is 3.24. The maximum atomic E-state index is 12.5. The van der Waals surface area contributed by atoms with Crippen LogP contribution in [0.15, 0.2) is 18.2 Å². The summed E-state index contributed by atoms with van der Waals surface area (Å²) in [5.41, 5.74) is 3.90. The Morgan fingerprint density at radius 2 is 2.08 bits per heavy atom. The number of rotatable bonds is 4. The van der Waals surface area contributed by atoms with Crippen LogP contribution in [-0.2, 0) is 23.0 Å². The maximum absolute atomic E-state index is 12.5. The molecule has 0 saturated carbocycles. The number of nitrogens with zero attached hydrogens (tertiary/aromatic N) is 1. The summed E-state index contributed by atoms with van der Waals surface area (Å²) >= 11 is 0. The molecule has 2 aromatic rings. The first kappa shape index (κ1) is 19.2. The zero-order chi connectivity index (χ0) is 17.3. The average molecular weight is 386 g/mol. The third-order valence-corrected chi connectivity index (χ3v) is 4.40. The SMILES string of the molecule is Cc1ccc(NC(=O)c2n[nH]c3c2CNCC3)cc1NS(C)(=O)=O.Cl. The van der Waals surface area contributed by atoms with E-state index in [0.717, 1.165) is 36.0 Å². The molecular weight excluding hydrogens is 366 g/mol. The maximum Gasteiger partial charge on any atom is 0.276 e. The molecule has 0 unspecified atom stereocenters. The highest BCUT2D eigenvalue weighted by Crippen LogP contribution is 2.22. The van der Waals surface area contributed by atoms with Crippen LogP contribution in [-0.4, -0.2) is 37.3 Å². The van der Waals surface area contributed by atoms with E-state index in [2.05, 4.69) is 25.6 Å². The lowest BCUT2D eigenvalue weighted by Crippen LogP contribution is -2.25. The molecule has 0 bridgehead atoms. The van der Waals surface area contributed by atoms with Crippen molar-refractivity contribution in [3.05, 3.63) is 40.7 Å². The Balaban J connectivity index is 0.00000225. The summed E-state index contributed by atoms with van der Waals surface area (Å²) in [5.74, 6) is -0.328. The van der Waals surface area contributed by atoms with Crippen LogP contribution in [0.3, 0.4) is 0 Å². The quantitative estimate of drug-likeness (QED) is 0.635.